The van der Waals surface area contributed by atoms with Crippen molar-refractivity contribution in [3.63, 3.8) is 0 Å². The summed E-state index contributed by atoms with van der Waals surface area (Å²) < 4.78 is 0. The molecule has 3 rings (SSSR count). The highest BCUT2D eigenvalue weighted by Crippen LogP contribution is 2.50. The third-order valence-electron chi connectivity index (χ3n) is 5.93. The maximum Gasteiger partial charge on any atom is 0.241 e. The Morgan fingerprint density at radius 1 is 1.26 bits per heavy atom. The normalized spacial score (nSPS) is 43.2. The molecule has 1 N–H and O–H groups in total. The van der Waals surface area contributed by atoms with E-state index in [0.29, 0.717) is 11.9 Å². The monoisotopic (exact) mass is 264 g/mol. The second-order valence-electron chi connectivity index (χ2n) is 6.88. The minimum atomic E-state index is 0.0611. The van der Waals surface area contributed by atoms with Crippen LogP contribution >= 0.6 is 0 Å². The second kappa shape index (κ2) is 5.08. The smallest absolute Gasteiger partial charge is 0.241 e. The first-order valence-electron chi connectivity index (χ1n) is 8.23. The Kier molecular flexibility index (Phi) is 3.59. The number of carbonyl (C=O) groups is 1. The van der Waals surface area contributed by atoms with Gasteiger partial charge >= 0.3 is 0 Å². The molecular weight excluding hydrogens is 236 g/mol. The van der Waals surface area contributed by atoms with Crippen LogP contribution in [0, 0.1) is 17.8 Å². The van der Waals surface area contributed by atoms with E-state index in [2.05, 4.69) is 31.0 Å². The van der Waals surface area contributed by atoms with E-state index >= 15 is 0 Å². The first-order valence-corrected chi connectivity index (χ1v) is 8.23. The average molecular weight is 264 g/mol. The number of rotatable bonds is 4. The topological polar surface area (TPSA) is 32.3 Å². The van der Waals surface area contributed by atoms with Gasteiger partial charge in [-0.3, -0.25) is 10.1 Å². The van der Waals surface area contributed by atoms with Crippen molar-refractivity contribution in [1.82, 2.24) is 10.2 Å². The lowest BCUT2D eigenvalue weighted by molar-refractivity contribution is -0.133. The van der Waals surface area contributed by atoms with Crippen molar-refractivity contribution in [2.24, 2.45) is 17.8 Å². The van der Waals surface area contributed by atoms with Gasteiger partial charge in [-0.25, -0.2) is 0 Å². The molecule has 0 aromatic carbocycles. The quantitative estimate of drug-likeness (QED) is 0.847. The number of hydrogen-bond acceptors (Lipinski definition) is 2. The molecule has 3 nitrogen and oxygen atoms in total. The Hall–Kier alpha value is -0.570. The maximum atomic E-state index is 12.6. The van der Waals surface area contributed by atoms with E-state index in [0.717, 1.165) is 30.6 Å². The molecule has 0 spiro atoms. The molecule has 3 heteroatoms. The predicted molar refractivity (Wildman–Crippen MR) is 76.5 cm³/mol. The molecule has 2 bridgehead atoms. The summed E-state index contributed by atoms with van der Waals surface area (Å²) in [4.78, 5) is 14.8. The van der Waals surface area contributed by atoms with Crippen LogP contribution in [0.25, 0.3) is 0 Å². The fourth-order valence-electron chi connectivity index (χ4n) is 4.90. The Morgan fingerprint density at radius 2 is 2.05 bits per heavy atom. The molecule has 0 aromatic rings. The number of nitrogens with zero attached hydrogens (tertiary/aromatic N) is 1. The molecule has 6 atom stereocenters. The van der Waals surface area contributed by atoms with Crippen LogP contribution in [0.4, 0.5) is 0 Å². The van der Waals surface area contributed by atoms with Gasteiger partial charge in [0, 0.05) is 6.04 Å². The Bertz CT molecular complexity index is 357. The van der Waals surface area contributed by atoms with Crippen molar-refractivity contribution in [2.75, 3.05) is 0 Å². The fraction of sp³-hybridized carbons (Fsp3) is 0.938. The van der Waals surface area contributed by atoms with Crippen LogP contribution in [0.1, 0.15) is 59.3 Å². The van der Waals surface area contributed by atoms with Gasteiger partial charge in [0.15, 0.2) is 0 Å². The molecule has 0 radical (unpaired) electrons. The lowest BCUT2D eigenvalue weighted by atomic mass is 9.83. The number of carbonyl (C=O) groups excluding carboxylic acids is 1. The largest absolute Gasteiger partial charge is 0.323 e. The molecule has 108 valence electrons. The molecular formula is C16H28N2O. The summed E-state index contributed by atoms with van der Waals surface area (Å²) in [6.45, 7) is 6.59. The number of amides is 1. The fourth-order valence-corrected chi connectivity index (χ4v) is 4.90. The van der Waals surface area contributed by atoms with E-state index in [-0.39, 0.29) is 12.2 Å². The molecule has 2 aliphatic carbocycles. The standard InChI is InChI=1S/C16H28N2O/c1-4-14-16(19)18(15(5-2)17-14)10(3)13-9-11-6-7-12(13)8-11/h10-15,17H,4-9H2,1-3H3. The van der Waals surface area contributed by atoms with E-state index in [1.165, 1.54) is 25.7 Å². The second-order valence-corrected chi connectivity index (χ2v) is 6.88. The molecule has 3 aliphatic rings. The highest BCUT2D eigenvalue weighted by molar-refractivity contribution is 5.84. The third-order valence-corrected chi connectivity index (χ3v) is 5.93. The molecule has 3 fully saturated rings. The van der Waals surface area contributed by atoms with E-state index in [9.17, 15) is 4.79 Å². The molecule has 0 aromatic heterocycles. The van der Waals surface area contributed by atoms with Gasteiger partial charge in [-0.05, 0) is 56.8 Å². The van der Waals surface area contributed by atoms with Crippen molar-refractivity contribution in [2.45, 2.75) is 77.5 Å². The molecule has 1 amide bonds. The maximum absolute atomic E-state index is 12.6. The van der Waals surface area contributed by atoms with E-state index in [1.807, 2.05) is 0 Å². The molecule has 1 heterocycles. The zero-order valence-electron chi connectivity index (χ0n) is 12.6. The van der Waals surface area contributed by atoms with Gasteiger partial charge in [0.25, 0.3) is 0 Å². The van der Waals surface area contributed by atoms with Gasteiger partial charge in [-0.15, -0.1) is 0 Å². The zero-order chi connectivity index (χ0) is 13.6. The Labute approximate surface area is 117 Å². The van der Waals surface area contributed by atoms with Crippen molar-refractivity contribution in [1.29, 1.82) is 0 Å². The van der Waals surface area contributed by atoms with Crippen molar-refractivity contribution < 1.29 is 4.79 Å². The van der Waals surface area contributed by atoms with Crippen molar-refractivity contribution in [3.8, 4) is 0 Å². The van der Waals surface area contributed by atoms with E-state index < -0.39 is 0 Å². The molecule has 2 saturated carbocycles. The molecule has 1 saturated heterocycles. The van der Waals surface area contributed by atoms with Crippen LogP contribution in [0.5, 0.6) is 0 Å². The van der Waals surface area contributed by atoms with Gasteiger partial charge in [-0.2, -0.15) is 0 Å². The number of fused-ring (bicyclic) bond motifs is 2. The van der Waals surface area contributed by atoms with Crippen LogP contribution in [0.15, 0.2) is 0 Å². The molecule has 1 aliphatic heterocycles. The third kappa shape index (κ3) is 2.10. The summed E-state index contributed by atoms with van der Waals surface area (Å²) in [6.07, 6.45) is 7.84. The van der Waals surface area contributed by atoms with Gasteiger partial charge in [0.2, 0.25) is 5.91 Å². The molecule has 19 heavy (non-hydrogen) atoms. The summed E-state index contributed by atoms with van der Waals surface area (Å²) in [5.74, 6) is 2.97. The summed E-state index contributed by atoms with van der Waals surface area (Å²) in [6, 6.07) is 0.489. The SMILES string of the molecule is CCC1NC(CC)N(C(C)C2CC3CCC2C3)C1=O. The molecule has 6 unspecified atom stereocenters. The van der Waals surface area contributed by atoms with Crippen LogP contribution in [-0.4, -0.2) is 29.1 Å². The highest BCUT2D eigenvalue weighted by Gasteiger charge is 2.47. The van der Waals surface area contributed by atoms with Gasteiger partial charge in [0.05, 0.1) is 12.2 Å². The first kappa shape index (κ1) is 13.4. The van der Waals surface area contributed by atoms with Crippen molar-refractivity contribution in [3.05, 3.63) is 0 Å². The van der Waals surface area contributed by atoms with Crippen molar-refractivity contribution >= 4 is 5.91 Å². The van der Waals surface area contributed by atoms with Crippen LogP contribution in [-0.2, 0) is 4.79 Å². The van der Waals surface area contributed by atoms with Crippen LogP contribution in [0.3, 0.4) is 0 Å². The number of hydrogen-bond donors (Lipinski definition) is 1. The predicted octanol–water partition coefficient (Wildman–Crippen LogP) is 2.76. The number of nitrogens with one attached hydrogen (secondary N) is 1. The van der Waals surface area contributed by atoms with E-state index in [4.69, 9.17) is 0 Å². The zero-order valence-corrected chi connectivity index (χ0v) is 12.6. The lowest BCUT2D eigenvalue weighted by Crippen LogP contribution is -2.47. The minimum Gasteiger partial charge on any atom is -0.323 e. The Morgan fingerprint density at radius 3 is 2.58 bits per heavy atom. The average Bonchev–Trinajstić information content (AvgIpc) is 3.11. The van der Waals surface area contributed by atoms with Gasteiger partial charge < -0.3 is 4.90 Å². The summed E-state index contributed by atoms with van der Waals surface area (Å²) >= 11 is 0. The van der Waals surface area contributed by atoms with E-state index in [1.54, 1.807) is 0 Å². The highest BCUT2D eigenvalue weighted by atomic mass is 16.2. The summed E-state index contributed by atoms with van der Waals surface area (Å²) in [5, 5.41) is 3.51. The minimum absolute atomic E-state index is 0.0611. The van der Waals surface area contributed by atoms with Crippen LogP contribution < -0.4 is 5.32 Å². The first-order chi connectivity index (χ1) is 9.15. The lowest BCUT2D eigenvalue weighted by Gasteiger charge is -2.37. The van der Waals surface area contributed by atoms with Gasteiger partial charge in [0.1, 0.15) is 0 Å². The Balaban J connectivity index is 1.74. The van der Waals surface area contributed by atoms with Gasteiger partial charge in [-0.1, -0.05) is 20.3 Å². The van der Waals surface area contributed by atoms with Crippen LogP contribution in [0.2, 0.25) is 0 Å². The summed E-state index contributed by atoms with van der Waals surface area (Å²) in [7, 11) is 0. The summed E-state index contributed by atoms with van der Waals surface area (Å²) in [5.41, 5.74) is 0.